The second-order valence-corrected chi connectivity index (χ2v) is 8.36. The van der Waals surface area contributed by atoms with E-state index >= 15 is 0 Å². The molecule has 1 N–H and O–H groups in total. The number of hydrogen-bond donors (Lipinski definition) is 1. The molecule has 0 spiro atoms. The van der Waals surface area contributed by atoms with E-state index < -0.39 is 15.8 Å². The fourth-order valence-electron chi connectivity index (χ4n) is 3.13. The van der Waals surface area contributed by atoms with Gasteiger partial charge in [0.2, 0.25) is 15.9 Å². The number of halogens is 2. The summed E-state index contributed by atoms with van der Waals surface area (Å²) in [4.78, 5) is 12.0. The molecule has 0 radical (unpaired) electrons. The first kappa shape index (κ1) is 19.4. The molecule has 2 aromatic carbocycles. The van der Waals surface area contributed by atoms with Crippen LogP contribution in [0.15, 0.2) is 53.4 Å². The Balaban J connectivity index is 1.57. The third-order valence-corrected chi connectivity index (χ3v) is 6.57. The zero-order valence-electron chi connectivity index (χ0n) is 14.6. The van der Waals surface area contributed by atoms with Crippen LogP contribution in [0.1, 0.15) is 18.4 Å². The molecule has 27 heavy (non-hydrogen) atoms. The summed E-state index contributed by atoms with van der Waals surface area (Å²) in [6.07, 6.45) is 0.700. The molecule has 2 aromatic rings. The molecular formula is C19H20F2N2O3S. The van der Waals surface area contributed by atoms with Gasteiger partial charge in [-0.1, -0.05) is 24.3 Å². The van der Waals surface area contributed by atoms with Gasteiger partial charge in [-0.25, -0.2) is 17.2 Å². The minimum Gasteiger partial charge on any atom is -0.352 e. The summed E-state index contributed by atoms with van der Waals surface area (Å²) < 4.78 is 53.4. The van der Waals surface area contributed by atoms with Crippen molar-refractivity contribution in [2.45, 2.75) is 24.3 Å². The molecule has 0 aromatic heterocycles. The monoisotopic (exact) mass is 394 g/mol. The van der Waals surface area contributed by atoms with Crippen LogP contribution in [0, 0.1) is 17.6 Å². The van der Waals surface area contributed by atoms with Crippen LogP contribution < -0.4 is 5.32 Å². The fourth-order valence-corrected chi connectivity index (χ4v) is 4.67. The first-order valence-corrected chi connectivity index (χ1v) is 10.1. The van der Waals surface area contributed by atoms with E-state index in [4.69, 9.17) is 0 Å². The van der Waals surface area contributed by atoms with Crippen molar-refractivity contribution < 1.29 is 22.0 Å². The Morgan fingerprint density at radius 3 is 2.44 bits per heavy atom. The first-order valence-electron chi connectivity index (χ1n) is 8.65. The Bertz CT molecular complexity index is 926. The van der Waals surface area contributed by atoms with Crippen molar-refractivity contribution in [1.82, 2.24) is 9.62 Å². The Hall–Kier alpha value is -2.32. The molecule has 144 valence electrons. The molecular weight excluding hydrogens is 374 g/mol. The van der Waals surface area contributed by atoms with Crippen molar-refractivity contribution in [2.75, 3.05) is 13.1 Å². The van der Waals surface area contributed by atoms with Gasteiger partial charge in [-0.3, -0.25) is 4.79 Å². The zero-order valence-corrected chi connectivity index (χ0v) is 15.4. The minimum atomic E-state index is -3.92. The lowest BCUT2D eigenvalue weighted by atomic mass is 9.97. The molecule has 0 bridgehead atoms. The number of benzene rings is 2. The van der Waals surface area contributed by atoms with Crippen molar-refractivity contribution in [1.29, 1.82) is 0 Å². The highest BCUT2D eigenvalue weighted by atomic mass is 32.2. The summed E-state index contributed by atoms with van der Waals surface area (Å²) in [5.41, 5.74) is 0.655. The molecule has 1 aliphatic rings. The van der Waals surface area contributed by atoms with E-state index in [0.29, 0.717) is 18.4 Å². The van der Waals surface area contributed by atoms with Crippen LogP contribution in [0.3, 0.4) is 0 Å². The van der Waals surface area contributed by atoms with Gasteiger partial charge in [-0.05, 0) is 42.7 Å². The lowest BCUT2D eigenvalue weighted by Gasteiger charge is -2.30. The summed E-state index contributed by atoms with van der Waals surface area (Å²) >= 11 is 0. The van der Waals surface area contributed by atoms with Crippen LogP contribution in [-0.4, -0.2) is 31.7 Å². The molecule has 0 unspecified atom stereocenters. The van der Waals surface area contributed by atoms with Gasteiger partial charge in [0.15, 0.2) is 0 Å². The predicted octanol–water partition coefficient (Wildman–Crippen LogP) is 2.68. The molecule has 5 nitrogen and oxygen atoms in total. The van der Waals surface area contributed by atoms with Crippen LogP contribution in [0.2, 0.25) is 0 Å². The Morgan fingerprint density at radius 1 is 1.07 bits per heavy atom. The number of hydrogen-bond acceptors (Lipinski definition) is 3. The third kappa shape index (κ3) is 4.51. The van der Waals surface area contributed by atoms with Gasteiger partial charge in [0.25, 0.3) is 0 Å². The summed E-state index contributed by atoms with van der Waals surface area (Å²) in [6, 6.07) is 11.2. The van der Waals surface area contributed by atoms with Crippen molar-refractivity contribution >= 4 is 15.9 Å². The molecule has 0 aliphatic carbocycles. The maximum Gasteiger partial charge on any atom is 0.245 e. The average Bonchev–Trinajstić information content (AvgIpc) is 2.66. The van der Waals surface area contributed by atoms with E-state index in [1.54, 1.807) is 12.1 Å². The van der Waals surface area contributed by atoms with Gasteiger partial charge in [-0.15, -0.1) is 0 Å². The number of piperidine rings is 1. The van der Waals surface area contributed by atoms with Crippen LogP contribution in [0.5, 0.6) is 0 Å². The summed E-state index contributed by atoms with van der Waals surface area (Å²) in [6.45, 7) is 0.508. The number of nitrogens with one attached hydrogen (secondary N) is 1. The van der Waals surface area contributed by atoms with Crippen molar-refractivity contribution in [3.8, 4) is 0 Å². The van der Waals surface area contributed by atoms with Crippen molar-refractivity contribution in [3.63, 3.8) is 0 Å². The molecule has 1 fully saturated rings. The van der Waals surface area contributed by atoms with Crippen molar-refractivity contribution in [3.05, 3.63) is 65.7 Å². The maximum atomic E-state index is 13.8. The van der Waals surface area contributed by atoms with Gasteiger partial charge in [0.1, 0.15) is 16.5 Å². The first-order chi connectivity index (χ1) is 12.9. The highest BCUT2D eigenvalue weighted by Crippen LogP contribution is 2.25. The highest BCUT2D eigenvalue weighted by Gasteiger charge is 2.33. The molecule has 8 heteroatoms. The Kier molecular flexibility index (Phi) is 5.86. The topological polar surface area (TPSA) is 66.5 Å². The predicted molar refractivity (Wildman–Crippen MR) is 96.1 cm³/mol. The maximum absolute atomic E-state index is 13.8. The number of nitrogens with zero attached hydrogens (tertiary/aromatic N) is 1. The standard InChI is InChI=1S/C19H20F2N2O3S/c20-16-5-3-4-14(12-16)13-22-19(24)15-8-10-23(11-9-15)27(25,26)18-7-2-1-6-17(18)21/h1-7,12,15H,8-11,13H2,(H,22,24). The molecule has 0 atom stereocenters. The normalized spacial score (nSPS) is 16.2. The van der Waals surface area contributed by atoms with E-state index in [1.165, 1.54) is 34.6 Å². The van der Waals surface area contributed by atoms with E-state index in [-0.39, 0.29) is 42.2 Å². The van der Waals surface area contributed by atoms with Crippen LogP contribution in [-0.2, 0) is 21.4 Å². The van der Waals surface area contributed by atoms with Gasteiger partial charge in [0.05, 0.1) is 0 Å². The largest absolute Gasteiger partial charge is 0.352 e. The van der Waals surface area contributed by atoms with Gasteiger partial charge >= 0.3 is 0 Å². The van der Waals surface area contributed by atoms with Crippen molar-refractivity contribution in [2.24, 2.45) is 5.92 Å². The molecule has 1 aliphatic heterocycles. The molecule has 1 saturated heterocycles. The van der Waals surface area contributed by atoms with Gasteiger partial charge in [0, 0.05) is 25.6 Å². The average molecular weight is 394 g/mol. The lowest BCUT2D eigenvalue weighted by molar-refractivity contribution is -0.126. The van der Waals surface area contributed by atoms with Crippen LogP contribution in [0.4, 0.5) is 8.78 Å². The molecule has 1 amide bonds. The quantitative estimate of drug-likeness (QED) is 0.848. The Labute approximate surface area is 157 Å². The number of carbonyl (C=O) groups is 1. The zero-order chi connectivity index (χ0) is 19.4. The highest BCUT2D eigenvalue weighted by molar-refractivity contribution is 7.89. The lowest BCUT2D eigenvalue weighted by Crippen LogP contribution is -2.43. The van der Waals surface area contributed by atoms with Crippen LogP contribution in [0.25, 0.3) is 0 Å². The second kappa shape index (κ2) is 8.14. The number of sulfonamides is 1. The van der Waals surface area contributed by atoms with Gasteiger partial charge < -0.3 is 5.32 Å². The Morgan fingerprint density at radius 2 is 1.78 bits per heavy atom. The number of carbonyl (C=O) groups excluding carboxylic acids is 1. The summed E-state index contributed by atoms with van der Waals surface area (Å²) in [5, 5.41) is 2.76. The van der Waals surface area contributed by atoms with Gasteiger partial charge in [-0.2, -0.15) is 4.31 Å². The van der Waals surface area contributed by atoms with E-state index in [1.807, 2.05) is 0 Å². The van der Waals surface area contributed by atoms with E-state index in [0.717, 1.165) is 6.07 Å². The molecule has 3 rings (SSSR count). The number of amides is 1. The third-order valence-electron chi connectivity index (χ3n) is 4.63. The SMILES string of the molecule is O=C(NCc1cccc(F)c1)C1CCN(S(=O)(=O)c2ccccc2F)CC1. The summed E-state index contributed by atoms with van der Waals surface area (Å²) in [5.74, 6) is -1.67. The summed E-state index contributed by atoms with van der Waals surface area (Å²) in [7, 11) is -3.92. The van der Waals surface area contributed by atoms with E-state index in [9.17, 15) is 22.0 Å². The van der Waals surface area contributed by atoms with E-state index in [2.05, 4.69) is 5.32 Å². The van der Waals surface area contributed by atoms with Crippen LogP contribution >= 0.6 is 0 Å². The number of rotatable bonds is 5. The smallest absolute Gasteiger partial charge is 0.245 e. The fraction of sp³-hybridized carbons (Fsp3) is 0.316. The second-order valence-electron chi connectivity index (χ2n) is 6.46. The molecule has 1 heterocycles. The molecule has 0 saturated carbocycles. The minimum absolute atomic E-state index is 0.148.